The van der Waals surface area contributed by atoms with Gasteiger partial charge >= 0.3 is 0 Å². The zero-order valence-corrected chi connectivity index (χ0v) is 13.0. The molecule has 2 aromatic heterocycles. The smallest absolute Gasteiger partial charge is 0.132 e. The number of nitrogens with zero attached hydrogens (tertiary/aromatic N) is 1. The summed E-state index contributed by atoms with van der Waals surface area (Å²) in [6.45, 7) is 0. The number of rotatable bonds is 2. The molecule has 4 rings (SSSR count). The fourth-order valence-electron chi connectivity index (χ4n) is 2.53. The topological polar surface area (TPSA) is 12.9 Å². The number of thiophene rings is 1. The van der Waals surface area contributed by atoms with Crippen molar-refractivity contribution in [2.24, 2.45) is 0 Å². The van der Waals surface area contributed by atoms with Crippen LogP contribution in [0.2, 0.25) is 0 Å². The van der Waals surface area contributed by atoms with Gasteiger partial charge in [-0.05, 0) is 54.7 Å². The van der Waals surface area contributed by atoms with Crippen LogP contribution in [-0.2, 0) is 0 Å². The van der Waals surface area contributed by atoms with Crippen molar-refractivity contribution in [1.29, 1.82) is 0 Å². The SMILES string of the molecule is Fc1cc(Br)ccc1-c1cc2c(C3CC3)ccnc2s1. The van der Waals surface area contributed by atoms with Gasteiger partial charge in [0.1, 0.15) is 10.6 Å². The van der Waals surface area contributed by atoms with Crippen LogP contribution in [0.4, 0.5) is 4.39 Å². The molecule has 1 saturated carbocycles. The number of halogens is 2. The molecule has 0 spiro atoms. The van der Waals surface area contributed by atoms with E-state index in [0.717, 1.165) is 14.2 Å². The lowest BCUT2D eigenvalue weighted by Gasteiger charge is -2.00. The van der Waals surface area contributed by atoms with Crippen LogP contribution >= 0.6 is 27.3 Å². The third-order valence-electron chi connectivity index (χ3n) is 3.68. The minimum absolute atomic E-state index is 0.195. The molecule has 0 unspecified atom stereocenters. The Labute approximate surface area is 128 Å². The zero-order chi connectivity index (χ0) is 13.7. The molecule has 2 heterocycles. The molecule has 1 aromatic carbocycles. The summed E-state index contributed by atoms with van der Waals surface area (Å²) in [5, 5.41) is 1.19. The fourth-order valence-corrected chi connectivity index (χ4v) is 3.93. The van der Waals surface area contributed by atoms with Crippen LogP contribution in [0.15, 0.2) is 41.0 Å². The largest absolute Gasteiger partial charge is 0.245 e. The van der Waals surface area contributed by atoms with Crippen molar-refractivity contribution in [1.82, 2.24) is 4.98 Å². The lowest BCUT2D eigenvalue weighted by molar-refractivity contribution is 0.631. The lowest BCUT2D eigenvalue weighted by atomic mass is 10.1. The molecule has 1 aliphatic carbocycles. The van der Waals surface area contributed by atoms with E-state index >= 15 is 0 Å². The summed E-state index contributed by atoms with van der Waals surface area (Å²) in [4.78, 5) is 6.39. The molecular weight excluding hydrogens is 337 g/mol. The second-order valence-electron chi connectivity index (χ2n) is 5.13. The van der Waals surface area contributed by atoms with Crippen LogP contribution < -0.4 is 0 Å². The standard InChI is InChI=1S/C16H11BrFNS/c17-10-3-4-12(14(18)7-10)15-8-13-11(9-1-2-9)5-6-19-16(13)20-15/h3-9H,1-2H2. The van der Waals surface area contributed by atoms with Crippen LogP contribution in [0.1, 0.15) is 24.3 Å². The Morgan fingerprint density at radius 2 is 2.05 bits per heavy atom. The Hall–Kier alpha value is -1.26. The highest BCUT2D eigenvalue weighted by Crippen LogP contribution is 2.45. The summed E-state index contributed by atoms with van der Waals surface area (Å²) < 4.78 is 14.9. The average Bonchev–Trinajstić information content (AvgIpc) is 3.17. The van der Waals surface area contributed by atoms with Gasteiger partial charge in [-0.15, -0.1) is 11.3 Å². The highest BCUT2D eigenvalue weighted by Gasteiger charge is 2.26. The molecule has 1 fully saturated rings. The van der Waals surface area contributed by atoms with Gasteiger partial charge in [-0.3, -0.25) is 0 Å². The monoisotopic (exact) mass is 347 g/mol. The normalized spacial score (nSPS) is 14.9. The van der Waals surface area contributed by atoms with Gasteiger partial charge in [-0.25, -0.2) is 9.37 Å². The van der Waals surface area contributed by atoms with Gasteiger partial charge in [0.2, 0.25) is 0 Å². The minimum atomic E-state index is -0.195. The van der Waals surface area contributed by atoms with Crippen molar-refractivity contribution in [3.8, 4) is 10.4 Å². The maximum atomic E-state index is 14.1. The van der Waals surface area contributed by atoms with Gasteiger partial charge < -0.3 is 0 Å². The molecule has 100 valence electrons. The number of hydrogen-bond acceptors (Lipinski definition) is 2. The molecule has 0 aliphatic heterocycles. The van der Waals surface area contributed by atoms with E-state index in [4.69, 9.17) is 0 Å². The maximum Gasteiger partial charge on any atom is 0.132 e. The summed E-state index contributed by atoms with van der Waals surface area (Å²) in [6.07, 6.45) is 4.39. The molecule has 0 N–H and O–H groups in total. The number of aromatic nitrogens is 1. The molecule has 3 aromatic rings. The van der Waals surface area contributed by atoms with Crippen LogP contribution in [-0.4, -0.2) is 4.98 Å². The second-order valence-corrected chi connectivity index (χ2v) is 7.07. The van der Waals surface area contributed by atoms with E-state index in [2.05, 4.69) is 33.0 Å². The summed E-state index contributed by atoms with van der Waals surface area (Å²) in [5.74, 6) is 0.483. The minimum Gasteiger partial charge on any atom is -0.245 e. The van der Waals surface area contributed by atoms with Gasteiger partial charge in [-0.2, -0.15) is 0 Å². The third-order valence-corrected chi connectivity index (χ3v) is 5.25. The van der Waals surface area contributed by atoms with E-state index in [9.17, 15) is 4.39 Å². The van der Waals surface area contributed by atoms with Crippen molar-refractivity contribution in [2.45, 2.75) is 18.8 Å². The van der Waals surface area contributed by atoms with Crippen molar-refractivity contribution < 1.29 is 4.39 Å². The number of pyridine rings is 1. The Balaban J connectivity index is 1.90. The number of hydrogen-bond donors (Lipinski definition) is 0. The van der Waals surface area contributed by atoms with E-state index in [1.165, 1.54) is 29.9 Å². The molecule has 0 bridgehead atoms. The van der Waals surface area contributed by atoms with E-state index in [0.29, 0.717) is 11.5 Å². The third kappa shape index (κ3) is 2.07. The van der Waals surface area contributed by atoms with Crippen LogP contribution in [0.25, 0.3) is 20.7 Å². The maximum absolute atomic E-state index is 14.1. The van der Waals surface area contributed by atoms with E-state index in [1.807, 2.05) is 18.3 Å². The highest BCUT2D eigenvalue weighted by molar-refractivity contribution is 9.10. The first-order valence-corrected chi connectivity index (χ1v) is 8.17. The fraction of sp³-hybridized carbons (Fsp3) is 0.188. The molecular formula is C16H11BrFNS. The van der Waals surface area contributed by atoms with Crippen LogP contribution in [0.5, 0.6) is 0 Å². The predicted octanol–water partition coefficient (Wildman–Crippen LogP) is 5.74. The molecule has 1 nitrogen and oxygen atoms in total. The molecule has 4 heteroatoms. The Morgan fingerprint density at radius 3 is 2.80 bits per heavy atom. The molecule has 0 radical (unpaired) electrons. The number of fused-ring (bicyclic) bond motifs is 1. The summed E-state index contributed by atoms with van der Waals surface area (Å²) in [6, 6.07) is 9.40. The van der Waals surface area contributed by atoms with Gasteiger partial charge in [0.15, 0.2) is 0 Å². The van der Waals surface area contributed by atoms with Crippen molar-refractivity contribution >= 4 is 37.5 Å². The Bertz CT molecular complexity index is 807. The Morgan fingerprint density at radius 1 is 1.20 bits per heavy atom. The van der Waals surface area contributed by atoms with Crippen LogP contribution in [0.3, 0.4) is 0 Å². The van der Waals surface area contributed by atoms with Crippen LogP contribution in [0, 0.1) is 5.82 Å². The first kappa shape index (κ1) is 12.5. The Kier molecular flexibility index (Phi) is 2.89. The molecule has 0 amide bonds. The molecule has 0 saturated heterocycles. The highest BCUT2D eigenvalue weighted by atomic mass is 79.9. The quantitative estimate of drug-likeness (QED) is 0.575. The van der Waals surface area contributed by atoms with Crippen molar-refractivity contribution in [3.63, 3.8) is 0 Å². The van der Waals surface area contributed by atoms with Crippen molar-refractivity contribution in [3.05, 3.63) is 52.4 Å². The number of benzene rings is 1. The van der Waals surface area contributed by atoms with Gasteiger partial charge in [-0.1, -0.05) is 15.9 Å². The van der Waals surface area contributed by atoms with Gasteiger partial charge in [0.05, 0.1) is 0 Å². The van der Waals surface area contributed by atoms with Gasteiger partial charge in [0.25, 0.3) is 0 Å². The molecule has 0 atom stereocenters. The van der Waals surface area contributed by atoms with E-state index in [1.54, 1.807) is 11.3 Å². The first-order chi connectivity index (χ1) is 9.72. The van der Waals surface area contributed by atoms with E-state index in [-0.39, 0.29) is 5.82 Å². The van der Waals surface area contributed by atoms with Gasteiger partial charge in [0, 0.05) is 26.5 Å². The first-order valence-electron chi connectivity index (χ1n) is 6.56. The lowest BCUT2D eigenvalue weighted by Crippen LogP contribution is -1.82. The zero-order valence-electron chi connectivity index (χ0n) is 10.6. The van der Waals surface area contributed by atoms with Crippen molar-refractivity contribution in [2.75, 3.05) is 0 Å². The average molecular weight is 348 g/mol. The predicted molar refractivity (Wildman–Crippen MR) is 84.7 cm³/mol. The summed E-state index contributed by atoms with van der Waals surface area (Å²) in [5.41, 5.74) is 2.02. The van der Waals surface area contributed by atoms with E-state index < -0.39 is 0 Å². The second kappa shape index (κ2) is 4.64. The summed E-state index contributed by atoms with van der Waals surface area (Å²) in [7, 11) is 0. The summed E-state index contributed by atoms with van der Waals surface area (Å²) >= 11 is 4.86. The molecule has 1 aliphatic rings. The molecule has 20 heavy (non-hydrogen) atoms.